The number of amides is 1. The molecule has 35 heavy (non-hydrogen) atoms. The summed E-state index contributed by atoms with van der Waals surface area (Å²) < 4.78 is 10.6. The lowest BCUT2D eigenvalue weighted by atomic mass is 10.1. The molecular weight excluding hydrogens is 442 g/mol. The number of anilines is 2. The van der Waals surface area contributed by atoms with Gasteiger partial charge >= 0.3 is 5.97 Å². The van der Waals surface area contributed by atoms with Gasteiger partial charge in [0, 0.05) is 38.3 Å². The largest absolute Gasteiger partial charge is 0.495 e. The summed E-state index contributed by atoms with van der Waals surface area (Å²) in [4.78, 5) is 29.7. The molecule has 0 bridgehead atoms. The minimum atomic E-state index is -0.454. The Hall–Kier alpha value is -3.84. The van der Waals surface area contributed by atoms with E-state index >= 15 is 0 Å². The van der Waals surface area contributed by atoms with Crippen LogP contribution in [0.1, 0.15) is 33.2 Å². The lowest BCUT2D eigenvalue weighted by Crippen LogP contribution is -2.46. The summed E-state index contributed by atoms with van der Waals surface area (Å²) in [6, 6.07) is 22.6. The standard InChI is InChI=1S/C28H31N3O4/c1-3-35-28(33)23-8-4-5-9-24(23)29-27(32)22-14-12-21(13-15-22)20-30-16-18-31(19-17-30)25-10-6-7-11-26(25)34-2/h4-15H,3,16-20H2,1-2H3,(H,29,32). The van der Waals surface area contributed by atoms with Crippen molar-refractivity contribution >= 4 is 23.3 Å². The molecule has 182 valence electrons. The van der Waals surface area contributed by atoms with Gasteiger partial charge < -0.3 is 19.7 Å². The highest BCUT2D eigenvalue weighted by Gasteiger charge is 2.20. The second-order valence-electron chi connectivity index (χ2n) is 8.35. The summed E-state index contributed by atoms with van der Waals surface area (Å²) in [6.07, 6.45) is 0. The van der Waals surface area contributed by atoms with Crippen molar-refractivity contribution in [1.29, 1.82) is 0 Å². The van der Waals surface area contributed by atoms with Crippen LogP contribution in [-0.2, 0) is 11.3 Å². The number of carbonyl (C=O) groups is 2. The number of piperazine rings is 1. The predicted octanol–water partition coefficient (Wildman–Crippen LogP) is 4.45. The number of rotatable bonds is 8. The first-order valence-electron chi connectivity index (χ1n) is 11.9. The first kappa shape index (κ1) is 24.3. The van der Waals surface area contributed by atoms with Crippen molar-refractivity contribution in [3.8, 4) is 5.75 Å². The number of ether oxygens (including phenoxy) is 2. The number of benzene rings is 3. The molecule has 0 atom stereocenters. The van der Waals surface area contributed by atoms with Gasteiger partial charge in [-0.1, -0.05) is 36.4 Å². The highest BCUT2D eigenvalue weighted by Crippen LogP contribution is 2.28. The fraction of sp³-hybridized carbons (Fsp3) is 0.286. The predicted molar refractivity (Wildman–Crippen MR) is 137 cm³/mol. The topological polar surface area (TPSA) is 71.1 Å². The van der Waals surface area contributed by atoms with Gasteiger partial charge in [-0.15, -0.1) is 0 Å². The van der Waals surface area contributed by atoms with E-state index in [2.05, 4.69) is 21.2 Å². The van der Waals surface area contributed by atoms with Crippen LogP contribution in [0.25, 0.3) is 0 Å². The van der Waals surface area contributed by atoms with Crippen LogP contribution in [0.2, 0.25) is 0 Å². The van der Waals surface area contributed by atoms with Gasteiger partial charge in [-0.25, -0.2) is 4.79 Å². The van der Waals surface area contributed by atoms with Crippen molar-refractivity contribution < 1.29 is 19.1 Å². The zero-order valence-electron chi connectivity index (χ0n) is 20.2. The van der Waals surface area contributed by atoms with Crippen molar-refractivity contribution in [2.45, 2.75) is 13.5 Å². The van der Waals surface area contributed by atoms with Crippen molar-refractivity contribution in [2.24, 2.45) is 0 Å². The molecule has 4 rings (SSSR count). The smallest absolute Gasteiger partial charge is 0.340 e. The lowest BCUT2D eigenvalue weighted by Gasteiger charge is -2.36. The number of nitrogens with zero attached hydrogens (tertiary/aromatic N) is 2. The van der Waals surface area contributed by atoms with E-state index in [1.165, 1.54) is 0 Å². The third kappa shape index (κ3) is 6.00. The maximum atomic E-state index is 12.8. The molecular formula is C28H31N3O4. The molecule has 0 aliphatic carbocycles. The Morgan fingerprint density at radius 1 is 0.886 bits per heavy atom. The van der Waals surface area contributed by atoms with E-state index in [1.54, 1.807) is 38.3 Å². The van der Waals surface area contributed by atoms with E-state index in [0.29, 0.717) is 16.8 Å². The lowest BCUT2D eigenvalue weighted by molar-refractivity contribution is 0.0527. The van der Waals surface area contributed by atoms with Gasteiger partial charge in [0.25, 0.3) is 5.91 Å². The van der Waals surface area contributed by atoms with E-state index in [0.717, 1.165) is 49.7 Å². The van der Waals surface area contributed by atoms with E-state index in [4.69, 9.17) is 9.47 Å². The van der Waals surface area contributed by atoms with Crippen LogP contribution in [0.4, 0.5) is 11.4 Å². The van der Waals surface area contributed by atoms with Gasteiger partial charge in [-0.05, 0) is 48.9 Å². The van der Waals surface area contributed by atoms with Gasteiger partial charge in [-0.3, -0.25) is 9.69 Å². The second kappa shape index (κ2) is 11.5. The van der Waals surface area contributed by atoms with Crippen LogP contribution in [0.3, 0.4) is 0 Å². The Bertz CT molecular complexity index is 1150. The normalized spacial score (nSPS) is 13.8. The van der Waals surface area contributed by atoms with Gasteiger partial charge in [0.05, 0.1) is 30.7 Å². The van der Waals surface area contributed by atoms with Crippen LogP contribution in [0.15, 0.2) is 72.8 Å². The van der Waals surface area contributed by atoms with Crippen molar-refractivity contribution in [3.05, 3.63) is 89.5 Å². The quantitative estimate of drug-likeness (QED) is 0.488. The summed E-state index contributed by atoms with van der Waals surface area (Å²) in [6.45, 7) is 6.61. The van der Waals surface area contributed by atoms with E-state index in [1.807, 2.05) is 42.5 Å². The number of hydrogen-bond donors (Lipinski definition) is 1. The number of hydrogen-bond acceptors (Lipinski definition) is 6. The summed E-state index contributed by atoms with van der Waals surface area (Å²) in [7, 11) is 1.71. The summed E-state index contributed by atoms with van der Waals surface area (Å²) in [5.74, 6) is 0.183. The zero-order chi connectivity index (χ0) is 24.6. The van der Waals surface area contributed by atoms with Crippen LogP contribution < -0.4 is 15.0 Å². The maximum absolute atomic E-state index is 12.8. The molecule has 1 saturated heterocycles. The van der Waals surface area contributed by atoms with E-state index in [-0.39, 0.29) is 12.5 Å². The van der Waals surface area contributed by atoms with E-state index in [9.17, 15) is 9.59 Å². The van der Waals surface area contributed by atoms with Gasteiger partial charge in [-0.2, -0.15) is 0 Å². The molecule has 7 heteroatoms. The molecule has 7 nitrogen and oxygen atoms in total. The molecule has 0 aromatic heterocycles. The maximum Gasteiger partial charge on any atom is 0.340 e. The molecule has 1 aliphatic rings. The SMILES string of the molecule is CCOC(=O)c1ccccc1NC(=O)c1ccc(CN2CCN(c3ccccc3OC)CC2)cc1. The minimum absolute atomic E-state index is 0.265. The monoisotopic (exact) mass is 473 g/mol. The van der Waals surface area contributed by atoms with E-state index < -0.39 is 5.97 Å². The molecule has 1 heterocycles. The van der Waals surface area contributed by atoms with Crippen molar-refractivity contribution in [1.82, 2.24) is 4.90 Å². The molecule has 1 amide bonds. The highest BCUT2D eigenvalue weighted by atomic mass is 16.5. The number of nitrogens with one attached hydrogen (secondary N) is 1. The van der Waals surface area contributed by atoms with Crippen LogP contribution in [0, 0.1) is 0 Å². The third-order valence-electron chi connectivity index (χ3n) is 6.09. The van der Waals surface area contributed by atoms with Crippen LogP contribution >= 0.6 is 0 Å². The summed E-state index contributed by atoms with van der Waals surface area (Å²) >= 11 is 0. The van der Waals surface area contributed by atoms with Gasteiger partial charge in [0.2, 0.25) is 0 Å². The fourth-order valence-electron chi connectivity index (χ4n) is 4.23. The zero-order valence-corrected chi connectivity index (χ0v) is 20.2. The van der Waals surface area contributed by atoms with Gasteiger partial charge in [0.15, 0.2) is 0 Å². The van der Waals surface area contributed by atoms with Crippen molar-refractivity contribution in [3.63, 3.8) is 0 Å². The fourth-order valence-corrected chi connectivity index (χ4v) is 4.23. The Morgan fingerprint density at radius 3 is 2.29 bits per heavy atom. The molecule has 0 unspecified atom stereocenters. The van der Waals surface area contributed by atoms with Crippen molar-refractivity contribution in [2.75, 3.05) is 50.1 Å². The minimum Gasteiger partial charge on any atom is -0.495 e. The Kier molecular flexibility index (Phi) is 8.00. The Morgan fingerprint density at radius 2 is 1.57 bits per heavy atom. The highest BCUT2D eigenvalue weighted by molar-refractivity contribution is 6.08. The molecule has 3 aromatic rings. The number of esters is 1. The van der Waals surface area contributed by atoms with Crippen LogP contribution in [0.5, 0.6) is 5.75 Å². The molecule has 1 N–H and O–H groups in total. The Balaban J connectivity index is 1.33. The third-order valence-corrected chi connectivity index (χ3v) is 6.09. The second-order valence-corrected chi connectivity index (χ2v) is 8.35. The first-order chi connectivity index (χ1) is 17.1. The molecule has 1 fully saturated rings. The number of para-hydroxylation sites is 3. The number of carbonyl (C=O) groups excluding carboxylic acids is 2. The summed E-state index contributed by atoms with van der Waals surface area (Å²) in [5, 5.41) is 2.83. The summed E-state index contributed by atoms with van der Waals surface area (Å²) in [5.41, 5.74) is 3.60. The first-order valence-corrected chi connectivity index (χ1v) is 11.9. The van der Waals surface area contributed by atoms with Gasteiger partial charge in [0.1, 0.15) is 5.75 Å². The average molecular weight is 474 g/mol. The van der Waals surface area contributed by atoms with Crippen LogP contribution in [-0.4, -0.2) is 56.7 Å². The molecule has 0 radical (unpaired) electrons. The molecule has 0 saturated carbocycles. The molecule has 3 aromatic carbocycles. The average Bonchev–Trinajstić information content (AvgIpc) is 2.90. The Labute approximate surface area is 206 Å². The molecule has 0 spiro atoms. The number of methoxy groups -OCH3 is 1. The molecule has 1 aliphatic heterocycles.